The Bertz CT molecular complexity index is 643. The van der Waals surface area contributed by atoms with Crippen LogP contribution in [0, 0.1) is 6.73 Å². The van der Waals surface area contributed by atoms with Crippen molar-refractivity contribution in [2.75, 3.05) is 0 Å². The number of rotatable bonds is 2. The Morgan fingerprint density at radius 1 is 1.00 bits per heavy atom. The molecule has 4 N–H and O–H groups in total. The van der Waals surface area contributed by atoms with Crippen LogP contribution in [0.1, 0.15) is 38.8 Å². The van der Waals surface area contributed by atoms with Crippen LogP contribution in [-0.4, -0.2) is 23.7 Å². The second-order valence-electron chi connectivity index (χ2n) is 4.02. The molecule has 1 aliphatic heterocycles. The maximum absolute atomic E-state index is 8.25. The van der Waals surface area contributed by atoms with Crippen molar-refractivity contribution < 1.29 is 80.3 Å². The third kappa shape index (κ3) is 16.4. The number of hydrogen-bond acceptors (Lipinski definition) is 6. The van der Waals surface area contributed by atoms with Gasteiger partial charge in [0.25, 0.3) is 0 Å². The third-order valence-electron chi connectivity index (χ3n) is 2.61. The molecule has 2 radical (unpaired) electrons. The smallest absolute Gasteiger partial charge is 0.170 e. The van der Waals surface area contributed by atoms with E-state index in [4.69, 9.17) is 20.6 Å². The fourth-order valence-corrected chi connectivity index (χ4v) is 1.58. The van der Waals surface area contributed by atoms with Crippen molar-refractivity contribution in [1.29, 1.82) is 0 Å². The summed E-state index contributed by atoms with van der Waals surface area (Å²) >= 11 is 0. The summed E-state index contributed by atoms with van der Waals surface area (Å²) in [5.41, 5.74) is 9.72. The summed E-state index contributed by atoms with van der Waals surface area (Å²) < 4.78 is 0. The Kier molecular flexibility index (Phi) is 32.8. The first-order chi connectivity index (χ1) is 13.3. The molecule has 0 amide bonds. The molecule has 0 saturated heterocycles. The van der Waals surface area contributed by atoms with E-state index >= 15 is 0 Å². The fraction of sp³-hybridized carbons (Fsp3) is 0.200. The van der Waals surface area contributed by atoms with Gasteiger partial charge in [-0.25, -0.2) is 0 Å². The number of nitrogens with two attached hydrogens (primary N) is 1. The van der Waals surface area contributed by atoms with E-state index in [1.54, 1.807) is 12.1 Å². The Morgan fingerprint density at radius 2 is 1.45 bits per heavy atom. The molecule has 0 atom stereocenters. The first-order valence-corrected chi connectivity index (χ1v) is 8.44. The van der Waals surface area contributed by atoms with Crippen molar-refractivity contribution in [2.45, 2.75) is 27.7 Å². The Morgan fingerprint density at radius 3 is 1.83 bits per heavy atom. The molecule has 154 valence electrons. The van der Waals surface area contributed by atoms with Crippen LogP contribution in [0.5, 0.6) is 0 Å². The molecule has 2 aromatic rings. The van der Waals surface area contributed by atoms with E-state index in [9.17, 15) is 0 Å². The van der Waals surface area contributed by atoms with Crippen LogP contribution in [0.15, 0.2) is 70.8 Å². The predicted molar refractivity (Wildman–Crippen MR) is 110 cm³/mol. The van der Waals surface area contributed by atoms with Crippen molar-refractivity contribution in [3.05, 3.63) is 78.5 Å². The average molecular weight is 550 g/mol. The maximum Gasteiger partial charge on any atom is 0.170 e. The van der Waals surface area contributed by atoms with Gasteiger partial charge in [0.2, 0.25) is 0 Å². The number of hydroxylamine groups is 1. The standard InChI is InChI=1S/C8H7N2O.C7H8N2O.2C2H6.CHO.2Y/c1-2-4-7(5-3-1)8-9-6-11-10-8;8-7(9-10)6-4-2-1-3-5-6;3*1-2;;/h1-6H,(H,9,10);1-5,10H,(H2,8,9);2*1-2H3;1H;;/q-1;;;;-1;;. The number of hydrogen-bond donors (Lipinski definition) is 3. The number of nitrogens with zero attached hydrogens (tertiary/aromatic N) is 2. The zero-order valence-electron chi connectivity index (χ0n) is 17.3. The summed E-state index contributed by atoms with van der Waals surface area (Å²) in [5, 5.41) is 11.1. The molecule has 0 aromatic heterocycles. The Labute approximate surface area is 224 Å². The number of carbonyl (C=O) groups excluding carboxylic acids is 1. The average Bonchev–Trinajstić information content (AvgIpc) is 3.34. The van der Waals surface area contributed by atoms with Crippen LogP contribution < -0.4 is 11.2 Å². The molecule has 29 heavy (non-hydrogen) atoms. The first kappa shape index (κ1) is 35.3. The van der Waals surface area contributed by atoms with E-state index in [0.29, 0.717) is 0 Å². The van der Waals surface area contributed by atoms with E-state index < -0.39 is 0 Å². The number of benzene rings is 2. The second-order valence-corrected chi connectivity index (χ2v) is 4.02. The minimum Gasteiger partial charge on any atom is -0.545 e. The summed E-state index contributed by atoms with van der Waals surface area (Å²) in [5.74, 6) is 0.895. The van der Waals surface area contributed by atoms with Gasteiger partial charge in [-0.05, 0) is 0 Å². The van der Waals surface area contributed by atoms with E-state index in [0.717, 1.165) is 17.0 Å². The van der Waals surface area contributed by atoms with Crippen molar-refractivity contribution in [3.8, 4) is 0 Å². The van der Waals surface area contributed by atoms with E-state index in [1.807, 2.05) is 76.2 Å². The molecule has 3 rings (SSSR count). The number of nitrogens with one attached hydrogen (secondary N) is 1. The van der Waals surface area contributed by atoms with Crippen molar-refractivity contribution in [2.24, 2.45) is 15.9 Å². The molecule has 0 unspecified atom stereocenters. The van der Waals surface area contributed by atoms with Gasteiger partial charge in [0.05, 0.1) is 0 Å². The van der Waals surface area contributed by atoms with Crippen molar-refractivity contribution in [1.82, 2.24) is 5.48 Å². The summed E-state index contributed by atoms with van der Waals surface area (Å²) in [6.45, 7) is 12.6. The molecule has 0 bridgehead atoms. The van der Waals surface area contributed by atoms with Gasteiger partial charge in [0.15, 0.2) is 5.84 Å². The van der Waals surface area contributed by atoms with E-state index in [1.165, 1.54) is 6.73 Å². The normalized spacial score (nSPS) is 10.2. The monoisotopic (exact) mass is 550 g/mol. The van der Waals surface area contributed by atoms with Crippen LogP contribution >= 0.6 is 0 Å². The van der Waals surface area contributed by atoms with Crippen LogP contribution in [0.2, 0.25) is 0 Å². The van der Waals surface area contributed by atoms with Crippen LogP contribution in [-0.2, 0) is 75.1 Å². The van der Waals surface area contributed by atoms with Gasteiger partial charge in [-0.15, -0.1) is 0 Å². The fourth-order valence-electron chi connectivity index (χ4n) is 1.58. The van der Waals surface area contributed by atoms with Crippen LogP contribution in [0.4, 0.5) is 0 Å². The third-order valence-corrected chi connectivity index (χ3v) is 2.61. The second kappa shape index (κ2) is 26.9. The van der Waals surface area contributed by atoms with Gasteiger partial charge in [-0.2, -0.15) is 0 Å². The summed E-state index contributed by atoms with van der Waals surface area (Å²) in [4.78, 5) is 16.4. The number of amidine groups is 2. The summed E-state index contributed by atoms with van der Waals surface area (Å²) in [7, 11) is 0. The molecule has 1 heterocycles. The minimum absolute atomic E-state index is 0. The Hall–Kier alpha value is -1.11. The van der Waals surface area contributed by atoms with Gasteiger partial charge in [-0.1, -0.05) is 99.1 Å². The van der Waals surface area contributed by atoms with Crippen LogP contribution in [0.3, 0.4) is 0 Å². The quantitative estimate of drug-likeness (QED) is 0.132. The molecule has 0 spiro atoms. The van der Waals surface area contributed by atoms with E-state index in [-0.39, 0.29) is 71.3 Å². The molecule has 0 saturated carbocycles. The Balaban J connectivity index is -0.000000163. The molecule has 7 nitrogen and oxygen atoms in total. The SMILES string of the molecule is CC.CC.N/C(=N\O)c1ccccc1.[CH-]=O.[Y].[Y].c1ccc(C2=N[CH-]ON2)cc1. The van der Waals surface area contributed by atoms with Crippen LogP contribution in [0.25, 0.3) is 0 Å². The molecule has 2 aromatic carbocycles. The predicted octanol–water partition coefficient (Wildman–Crippen LogP) is 3.64. The van der Waals surface area contributed by atoms with Gasteiger partial charge >= 0.3 is 0 Å². The van der Waals surface area contributed by atoms with Crippen molar-refractivity contribution in [3.63, 3.8) is 0 Å². The van der Waals surface area contributed by atoms with E-state index in [2.05, 4.69) is 22.4 Å². The largest absolute Gasteiger partial charge is 0.545 e. The minimum atomic E-state index is 0. The molecule has 1 aliphatic rings. The molecular weight excluding hydrogens is 522 g/mol. The maximum atomic E-state index is 8.25. The summed E-state index contributed by atoms with van der Waals surface area (Å²) in [6, 6.07) is 18.9. The number of oxime groups is 1. The zero-order chi connectivity index (χ0) is 20.9. The molecule has 0 fully saturated rings. The molecule has 9 heteroatoms. The van der Waals surface area contributed by atoms with Crippen molar-refractivity contribution >= 4 is 18.5 Å². The first-order valence-electron chi connectivity index (χ1n) is 8.44. The zero-order valence-corrected chi connectivity index (χ0v) is 23.0. The number of aliphatic imine (C=N–C) groups is 1. The summed E-state index contributed by atoms with van der Waals surface area (Å²) in [6.07, 6.45) is 0. The topological polar surface area (TPSA) is 109 Å². The van der Waals surface area contributed by atoms with Gasteiger partial charge in [0, 0.05) is 83.5 Å². The van der Waals surface area contributed by atoms with Gasteiger partial charge < -0.3 is 31.0 Å². The van der Waals surface area contributed by atoms with Gasteiger partial charge in [-0.3, -0.25) is 6.79 Å². The molecule has 0 aliphatic carbocycles. The molecular formula is C20H28N4O3Y2-2. The van der Waals surface area contributed by atoms with Gasteiger partial charge in [0.1, 0.15) is 0 Å².